The number of esters is 1. The molecule has 0 N–H and O–H groups in total. The van der Waals surface area contributed by atoms with E-state index in [1.165, 1.54) is 0 Å². The van der Waals surface area contributed by atoms with Crippen LogP contribution in [-0.4, -0.2) is 18.7 Å². The molecule has 1 heterocycles. The molecule has 0 saturated heterocycles. The number of anilines is 1. The van der Waals surface area contributed by atoms with Gasteiger partial charge in [-0.15, -0.1) is 0 Å². The van der Waals surface area contributed by atoms with Crippen LogP contribution in [0.3, 0.4) is 0 Å². The van der Waals surface area contributed by atoms with Crippen molar-refractivity contribution in [1.82, 2.24) is 0 Å². The Morgan fingerprint density at radius 3 is 2.43 bits per heavy atom. The first-order chi connectivity index (χ1) is 11.0. The van der Waals surface area contributed by atoms with E-state index >= 15 is 0 Å². The lowest BCUT2D eigenvalue weighted by molar-refractivity contribution is -0.128. The minimum absolute atomic E-state index is 0.296. The van der Waals surface area contributed by atoms with Crippen LogP contribution in [0.2, 0.25) is 0 Å². The molecule has 1 aliphatic heterocycles. The lowest BCUT2D eigenvalue weighted by Gasteiger charge is -2.13. The van der Waals surface area contributed by atoms with Gasteiger partial charge in [0.1, 0.15) is 5.76 Å². The minimum Gasteiger partial charge on any atom is -0.421 e. The Morgan fingerprint density at radius 2 is 1.74 bits per heavy atom. The predicted octanol–water partition coefficient (Wildman–Crippen LogP) is 3.69. The molecule has 2 aromatic carbocycles. The molecule has 4 heteroatoms. The summed E-state index contributed by atoms with van der Waals surface area (Å²) < 4.78 is 5.33. The first-order valence-electron chi connectivity index (χ1n) is 7.43. The van der Waals surface area contributed by atoms with Gasteiger partial charge in [-0.1, -0.05) is 42.0 Å². The maximum absolute atomic E-state index is 12.0. The summed E-state index contributed by atoms with van der Waals surface area (Å²) in [6.07, 6.45) is 1.68. The quantitative estimate of drug-likeness (QED) is 0.641. The number of hydrogen-bond donors (Lipinski definition) is 0. The van der Waals surface area contributed by atoms with Crippen molar-refractivity contribution in [1.29, 1.82) is 0 Å². The van der Waals surface area contributed by atoms with Crippen LogP contribution in [0.25, 0.3) is 5.76 Å². The van der Waals surface area contributed by atoms with Gasteiger partial charge in [-0.25, -0.2) is 4.79 Å². The standard InChI is InChI=1S/C19H18N2O2/c1-13-7-9-15(10-8-13)18-12-17(19(22)23-18)20-21(3)16-6-4-5-14(2)11-16/h4-12H,1-3H3/b20-17+. The Labute approximate surface area is 135 Å². The van der Waals surface area contributed by atoms with Crippen LogP contribution in [0.4, 0.5) is 5.69 Å². The van der Waals surface area contributed by atoms with E-state index in [2.05, 4.69) is 5.10 Å². The van der Waals surface area contributed by atoms with E-state index in [0.29, 0.717) is 11.5 Å². The molecule has 0 radical (unpaired) electrons. The molecule has 0 aromatic heterocycles. The van der Waals surface area contributed by atoms with E-state index in [4.69, 9.17) is 4.74 Å². The molecule has 0 fully saturated rings. The van der Waals surface area contributed by atoms with Crippen molar-refractivity contribution in [2.75, 3.05) is 12.1 Å². The molecule has 23 heavy (non-hydrogen) atoms. The van der Waals surface area contributed by atoms with Gasteiger partial charge in [-0.3, -0.25) is 5.01 Å². The van der Waals surface area contributed by atoms with Crippen LogP contribution in [0.15, 0.2) is 59.7 Å². The zero-order valence-corrected chi connectivity index (χ0v) is 13.4. The van der Waals surface area contributed by atoms with E-state index in [0.717, 1.165) is 22.4 Å². The van der Waals surface area contributed by atoms with Crippen molar-refractivity contribution in [3.8, 4) is 0 Å². The molecule has 2 aromatic rings. The van der Waals surface area contributed by atoms with Gasteiger partial charge in [0.2, 0.25) is 0 Å². The monoisotopic (exact) mass is 306 g/mol. The molecule has 0 atom stereocenters. The van der Waals surface area contributed by atoms with Crippen LogP contribution < -0.4 is 5.01 Å². The van der Waals surface area contributed by atoms with Crippen LogP contribution in [0.5, 0.6) is 0 Å². The third-order valence-electron chi connectivity index (χ3n) is 3.65. The van der Waals surface area contributed by atoms with Crippen molar-refractivity contribution in [3.05, 3.63) is 71.3 Å². The topological polar surface area (TPSA) is 41.9 Å². The Balaban J connectivity index is 1.87. The van der Waals surface area contributed by atoms with Crippen LogP contribution in [0, 0.1) is 13.8 Å². The molecule has 1 aliphatic rings. The third-order valence-corrected chi connectivity index (χ3v) is 3.65. The van der Waals surface area contributed by atoms with Crippen molar-refractivity contribution < 1.29 is 9.53 Å². The van der Waals surface area contributed by atoms with E-state index < -0.39 is 5.97 Å². The number of hydrazone groups is 1. The number of ether oxygens (including phenoxy) is 1. The maximum atomic E-state index is 12.0. The Kier molecular flexibility index (Phi) is 3.98. The van der Waals surface area contributed by atoms with Gasteiger partial charge < -0.3 is 4.74 Å². The predicted molar refractivity (Wildman–Crippen MR) is 92.3 cm³/mol. The number of carbonyl (C=O) groups excluding carboxylic acids is 1. The molecular formula is C19H18N2O2. The van der Waals surface area contributed by atoms with Gasteiger partial charge in [0, 0.05) is 18.7 Å². The summed E-state index contributed by atoms with van der Waals surface area (Å²) in [4.78, 5) is 12.0. The first-order valence-corrected chi connectivity index (χ1v) is 7.43. The third kappa shape index (κ3) is 3.31. The van der Waals surface area contributed by atoms with Gasteiger partial charge in [0.05, 0.1) is 5.69 Å². The fourth-order valence-corrected chi connectivity index (χ4v) is 2.34. The Hall–Kier alpha value is -2.88. The molecule has 0 aliphatic carbocycles. The number of rotatable bonds is 3. The summed E-state index contributed by atoms with van der Waals surface area (Å²) >= 11 is 0. The number of aryl methyl sites for hydroxylation is 2. The molecule has 116 valence electrons. The second-order valence-corrected chi connectivity index (χ2v) is 5.61. The zero-order chi connectivity index (χ0) is 16.4. The van der Waals surface area contributed by atoms with Gasteiger partial charge in [-0.2, -0.15) is 5.10 Å². The maximum Gasteiger partial charge on any atom is 0.364 e. The van der Waals surface area contributed by atoms with Crippen molar-refractivity contribution >= 4 is 23.1 Å². The number of carbonyl (C=O) groups is 1. The second kappa shape index (κ2) is 6.08. The van der Waals surface area contributed by atoms with Gasteiger partial charge in [0.15, 0.2) is 5.71 Å². The van der Waals surface area contributed by atoms with Crippen molar-refractivity contribution in [2.45, 2.75) is 13.8 Å². The normalized spacial score (nSPS) is 15.5. The summed E-state index contributed by atoms with van der Waals surface area (Å²) in [5.74, 6) is 0.103. The summed E-state index contributed by atoms with van der Waals surface area (Å²) in [6, 6.07) is 15.8. The summed E-state index contributed by atoms with van der Waals surface area (Å²) in [5, 5.41) is 6.04. The average Bonchev–Trinajstić information content (AvgIpc) is 2.89. The first kappa shape index (κ1) is 15.0. The molecular weight excluding hydrogens is 288 g/mol. The van der Waals surface area contributed by atoms with Crippen molar-refractivity contribution in [3.63, 3.8) is 0 Å². The summed E-state index contributed by atoms with van der Waals surface area (Å²) in [7, 11) is 1.81. The Bertz CT molecular complexity index is 804. The smallest absolute Gasteiger partial charge is 0.364 e. The van der Waals surface area contributed by atoms with Gasteiger partial charge >= 0.3 is 5.97 Å². The fourth-order valence-electron chi connectivity index (χ4n) is 2.34. The molecule has 0 unspecified atom stereocenters. The van der Waals surface area contributed by atoms with Gasteiger partial charge in [-0.05, 0) is 31.5 Å². The molecule has 3 rings (SSSR count). The zero-order valence-electron chi connectivity index (χ0n) is 13.4. The highest BCUT2D eigenvalue weighted by atomic mass is 16.5. The molecule has 0 saturated carbocycles. The molecule has 0 spiro atoms. The van der Waals surface area contributed by atoms with E-state index in [1.807, 2.05) is 69.4 Å². The van der Waals surface area contributed by atoms with E-state index in [9.17, 15) is 4.79 Å². The highest BCUT2D eigenvalue weighted by molar-refractivity contribution is 6.45. The van der Waals surface area contributed by atoms with Crippen LogP contribution >= 0.6 is 0 Å². The SMILES string of the molecule is Cc1ccc(C2=C/C(=N\N(C)c3cccc(C)c3)C(=O)O2)cc1. The lowest BCUT2D eigenvalue weighted by atomic mass is 10.1. The van der Waals surface area contributed by atoms with Crippen molar-refractivity contribution in [2.24, 2.45) is 5.10 Å². The van der Waals surface area contributed by atoms with Crippen LogP contribution in [-0.2, 0) is 9.53 Å². The summed E-state index contributed by atoms with van der Waals surface area (Å²) in [5.41, 5.74) is 4.38. The highest BCUT2D eigenvalue weighted by Crippen LogP contribution is 2.23. The highest BCUT2D eigenvalue weighted by Gasteiger charge is 2.24. The number of cyclic esters (lactones) is 1. The Morgan fingerprint density at radius 1 is 1.00 bits per heavy atom. The second-order valence-electron chi connectivity index (χ2n) is 5.61. The summed E-state index contributed by atoms with van der Waals surface area (Å²) in [6.45, 7) is 4.03. The minimum atomic E-state index is -0.430. The molecule has 0 bridgehead atoms. The molecule has 4 nitrogen and oxygen atoms in total. The average molecular weight is 306 g/mol. The fraction of sp³-hybridized carbons (Fsp3) is 0.158. The van der Waals surface area contributed by atoms with E-state index in [-0.39, 0.29) is 0 Å². The van der Waals surface area contributed by atoms with Crippen LogP contribution in [0.1, 0.15) is 16.7 Å². The number of nitrogens with zero attached hydrogens (tertiary/aromatic N) is 2. The largest absolute Gasteiger partial charge is 0.421 e. The molecule has 0 amide bonds. The number of hydrogen-bond acceptors (Lipinski definition) is 4. The lowest BCUT2D eigenvalue weighted by Crippen LogP contribution is -2.16. The van der Waals surface area contributed by atoms with E-state index in [1.54, 1.807) is 11.1 Å². The number of benzene rings is 2. The van der Waals surface area contributed by atoms with Gasteiger partial charge in [0.25, 0.3) is 0 Å².